The summed E-state index contributed by atoms with van der Waals surface area (Å²) >= 11 is 0. The molecule has 0 atom stereocenters. The standard InChI is InChI=1S/C22H32N4O3/c1-4-23-22(25-13-7-15-27-5-2)26-17-18-12-14-24-21(16-18)29-20-10-8-19(9-11-20)28-6-3/h8-12,14,16H,4-7,13,15,17H2,1-3H3,(H2,23,25,26). The van der Waals surface area contributed by atoms with Gasteiger partial charge in [0.1, 0.15) is 11.5 Å². The maximum absolute atomic E-state index is 5.85. The first-order valence-electron chi connectivity index (χ1n) is 10.2. The van der Waals surface area contributed by atoms with Crippen LogP contribution in [0.4, 0.5) is 0 Å². The molecule has 0 saturated carbocycles. The molecule has 0 bridgehead atoms. The molecule has 0 radical (unpaired) electrons. The first kappa shape index (κ1) is 22.5. The first-order chi connectivity index (χ1) is 14.2. The van der Waals surface area contributed by atoms with Crippen molar-refractivity contribution in [1.82, 2.24) is 15.6 Å². The molecule has 2 rings (SSSR count). The number of aliphatic imine (C=N–C) groups is 1. The Balaban J connectivity index is 1.91. The second-order valence-electron chi connectivity index (χ2n) is 6.18. The van der Waals surface area contributed by atoms with E-state index in [4.69, 9.17) is 14.2 Å². The van der Waals surface area contributed by atoms with E-state index in [9.17, 15) is 0 Å². The molecule has 7 nitrogen and oxygen atoms in total. The lowest BCUT2D eigenvalue weighted by Crippen LogP contribution is -2.38. The second kappa shape index (κ2) is 13.4. The number of rotatable bonds is 12. The van der Waals surface area contributed by atoms with Crippen molar-refractivity contribution in [2.24, 2.45) is 4.99 Å². The van der Waals surface area contributed by atoms with E-state index >= 15 is 0 Å². The summed E-state index contributed by atoms with van der Waals surface area (Å²) in [5.74, 6) is 2.86. The van der Waals surface area contributed by atoms with E-state index < -0.39 is 0 Å². The van der Waals surface area contributed by atoms with Crippen LogP contribution in [0, 0.1) is 0 Å². The van der Waals surface area contributed by atoms with Crippen LogP contribution in [0.3, 0.4) is 0 Å². The Hall–Kier alpha value is -2.80. The SMILES string of the molecule is CCNC(=NCc1ccnc(Oc2ccc(OCC)cc2)c1)NCCCOCC. The molecule has 1 aromatic carbocycles. The molecule has 2 aromatic rings. The van der Waals surface area contributed by atoms with Crippen LogP contribution in [0.2, 0.25) is 0 Å². The highest BCUT2D eigenvalue weighted by Crippen LogP contribution is 2.23. The van der Waals surface area contributed by atoms with Gasteiger partial charge in [-0.1, -0.05) is 0 Å². The van der Waals surface area contributed by atoms with E-state index in [1.54, 1.807) is 6.20 Å². The van der Waals surface area contributed by atoms with Gasteiger partial charge in [-0.05, 0) is 63.1 Å². The van der Waals surface area contributed by atoms with Crippen molar-refractivity contribution in [3.05, 3.63) is 48.2 Å². The number of benzene rings is 1. The predicted octanol–water partition coefficient (Wildman–Crippen LogP) is 3.75. The van der Waals surface area contributed by atoms with Crippen molar-refractivity contribution >= 4 is 5.96 Å². The van der Waals surface area contributed by atoms with Crippen LogP contribution in [0.15, 0.2) is 47.6 Å². The Morgan fingerprint density at radius 3 is 2.52 bits per heavy atom. The molecule has 0 unspecified atom stereocenters. The maximum atomic E-state index is 5.85. The van der Waals surface area contributed by atoms with Gasteiger partial charge < -0.3 is 24.8 Å². The number of pyridine rings is 1. The molecule has 1 heterocycles. The van der Waals surface area contributed by atoms with Gasteiger partial charge in [-0.25, -0.2) is 9.98 Å². The molecule has 158 valence electrons. The fraction of sp³-hybridized carbons (Fsp3) is 0.455. The van der Waals surface area contributed by atoms with Gasteiger partial charge in [-0.3, -0.25) is 0 Å². The largest absolute Gasteiger partial charge is 0.494 e. The molecule has 0 spiro atoms. The van der Waals surface area contributed by atoms with Crippen LogP contribution in [0.1, 0.15) is 32.8 Å². The number of nitrogens with zero attached hydrogens (tertiary/aromatic N) is 2. The van der Waals surface area contributed by atoms with Gasteiger partial charge in [-0.2, -0.15) is 0 Å². The molecule has 2 N–H and O–H groups in total. The quantitative estimate of drug-likeness (QED) is 0.321. The Morgan fingerprint density at radius 1 is 1.00 bits per heavy atom. The van der Waals surface area contributed by atoms with Gasteiger partial charge in [0.25, 0.3) is 0 Å². The Bertz CT molecular complexity index is 735. The van der Waals surface area contributed by atoms with Gasteiger partial charge in [0, 0.05) is 38.6 Å². The second-order valence-corrected chi connectivity index (χ2v) is 6.18. The lowest BCUT2D eigenvalue weighted by molar-refractivity contribution is 0.145. The zero-order chi connectivity index (χ0) is 20.7. The summed E-state index contributed by atoms with van der Waals surface area (Å²) in [6, 6.07) is 11.3. The third kappa shape index (κ3) is 8.83. The molecule has 0 aliphatic carbocycles. The highest BCUT2D eigenvalue weighted by molar-refractivity contribution is 5.79. The van der Waals surface area contributed by atoms with Crippen LogP contribution < -0.4 is 20.1 Å². The topological polar surface area (TPSA) is 77.0 Å². The van der Waals surface area contributed by atoms with Crippen LogP contribution in [-0.4, -0.2) is 43.9 Å². The highest BCUT2D eigenvalue weighted by atomic mass is 16.5. The molecule has 7 heteroatoms. The average molecular weight is 401 g/mol. The van der Waals surface area contributed by atoms with Crippen LogP contribution in [0.25, 0.3) is 0 Å². The monoisotopic (exact) mass is 400 g/mol. The molecule has 0 fully saturated rings. The maximum Gasteiger partial charge on any atom is 0.219 e. The summed E-state index contributed by atoms with van der Waals surface area (Å²) < 4.78 is 16.7. The van der Waals surface area contributed by atoms with E-state index in [1.807, 2.05) is 57.2 Å². The summed E-state index contributed by atoms with van der Waals surface area (Å²) in [6.07, 6.45) is 2.67. The average Bonchev–Trinajstić information content (AvgIpc) is 2.74. The minimum atomic E-state index is 0.531. The van der Waals surface area contributed by atoms with Crippen molar-refractivity contribution in [2.45, 2.75) is 33.7 Å². The van der Waals surface area contributed by atoms with E-state index in [1.165, 1.54) is 0 Å². The molecular formula is C22H32N4O3. The van der Waals surface area contributed by atoms with Crippen molar-refractivity contribution in [1.29, 1.82) is 0 Å². The molecule has 0 amide bonds. The summed E-state index contributed by atoms with van der Waals surface area (Å²) in [5, 5.41) is 6.57. The third-order valence-corrected chi connectivity index (χ3v) is 3.88. The van der Waals surface area contributed by atoms with E-state index in [0.717, 1.165) is 50.0 Å². The minimum absolute atomic E-state index is 0.531. The van der Waals surface area contributed by atoms with Gasteiger partial charge in [0.2, 0.25) is 5.88 Å². The fourth-order valence-electron chi connectivity index (χ4n) is 2.53. The zero-order valence-corrected chi connectivity index (χ0v) is 17.6. The lowest BCUT2D eigenvalue weighted by Gasteiger charge is -2.11. The zero-order valence-electron chi connectivity index (χ0n) is 17.6. The Morgan fingerprint density at radius 2 is 1.79 bits per heavy atom. The van der Waals surface area contributed by atoms with Crippen LogP contribution in [0.5, 0.6) is 17.4 Å². The number of ether oxygens (including phenoxy) is 3. The van der Waals surface area contributed by atoms with Crippen molar-refractivity contribution in [2.75, 3.05) is 32.9 Å². The number of aromatic nitrogens is 1. The number of hydrogen-bond donors (Lipinski definition) is 2. The van der Waals surface area contributed by atoms with E-state index in [-0.39, 0.29) is 0 Å². The molecule has 0 saturated heterocycles. The van der Waals surface area contributed by atoms with Crippen molar-refractivity contribution < 1.29 is 14.2 Å². The van der Waals surface area contributed by atoms with E-state index in [0.29, 0.717) is 24.8 Å². The Labute approximate surface area is 173 Å². The van der Waals surface area contributed by atoms with Crippen molar-refractivity contribution in [3.63, 3.8) is 0 Å². The summed E-state index contributed by atoms with van der Waals surface area (Å²) in [6.45, 7) is 10.3. The smallest absolute Gasteiger partial charge is 0.219 e. The number of guanidine groups is 1. The van der Waals surface area contributed by atoms with Crippen LogP contribution >= 0.6 is 0 Å². The molecule has 0 aliphatic heterocycles. The summed E-state index contributed by atoms with van der Waals surface area (Å²) in [7, 11) is 0. The van der Waals surface area contributed by atoms with Gasteiger partial charge >= 0.3 is 0 Å². The van der Waals surface area contributed by atoms with Gasteiger partial charge in [0.15, 0.2) is 5.96 Å². The summed E-state index contributed by atoms with van der Waals surface area (Å²) in [5.41, 5.74) is 1.02. The first-order valence-corrected chi connectivity index (χ1v) is 10.2. The molecule has 29 heavy (non-hydrogen) atoms. The molecule has 1 aromatic heterocycles. The molecular weight excluding hydrogens is 368 g/mol. The summed E-state index contributed by atoms with van der Waals surface area (Å²) in [4.78, 5) is 8.92. The highest BCUT2D eigenvalue weighted by Gasteiger charge is 2.03. The van der Waals surface area contributed by atoms with E-state index in [2.05, 4.69) is 20.6 Å². The molecule has 0 aliphatic rings. The van der Waals surface area contributed by atoms with Crippen molar-refractivity contribution in [3.8, 4) is 17.4 Å². The van der Waals surface area contributed by atoms with Crippen LogP contribution in [-0.2, 0) is 11.3 Å². The minimum Gasteiger partial charge on any atom is -0.494 e. The lowest BCUT2D eigenvalue weighted by atomic mass is 10.2. The number of nitrogens with one attached hydrogen (secondary N) is 2. The fourth-order valence-corrected chi connectivity index (χ4v) is 2.53. The van der Waals surface area contributed by atoms with Gasteiger partial charge in [-0.15, -0.1) is 0 Å². The number of hydrogen-bond acceptors (Lipinski definition) is 5. The normalized spacial score (nSPS) is 11.2. The third-order valence-electron chi connectivity index (χ3n) is 3.88. The predicted molar refractivity (Wildman–Crippen MR) is 116 cm³/mol. The Kier molecular flexibility index (Phi) is 10.4. The van der Waals surface area contributed by atoms with Gasteiger partial charge in [0.05, 0.1) is 13.2 Å².